The van der Waals surface area contributed by atoms with Gasteiger partial charge in [0.25, 0.3) is 0 Å². The second kappa shape index (κ2) is 6.33. The highest BCUT2D eigenvalue weighted by Gasteiger charge is 2.17. The Morgan fingerprint density at radius 2 is 2.21 bits per heavy atom. The fraction of sp³-hybridized carbons (Fsp3) is 0.400. The van der Waals surface area contributed by atoms with Gasteiger partial charge in [-0.05, 0) is 24.6 Å². The summed E-state index contributed by atoms with van der Waals surface area (Å²) < 4.78 is 0. The van der Waals surface area contributed by atoms with E-state index in [1.807, 2.05) is 12.3 Å². The molecule has 1 unspecified atom stereocenters. The molecule has 3 nitrogen and oxygen atoms in total. The van der Waals surface area contributed by atoms with Crippen molar-refractivity contribution in [2.24, 2.45) is 0 Å². The molecule has 0 spiro atoms. The third-order valence-corrected chi connectivity index (χ3v) is 3.67. The first-order valence-corrected chi connectivity index (χ1v) is 6.61. The summed E-state index contributed by atoms with van der Waals surface area (Å²) in [7, 11) is 0. The van der Waals surface area contributed by atoms with Gasteiger partial charge in [-0.1, -0.05) is 18.2 Å². The molecule has 2 aromatic rings. The molecule has 1 aromatic carbocycles. The lowest BCUT2D eigenvalue weighted by atomic mass is 10.1. The molecule has 2 heterocycles. The van der Waals surface area contributed by atoms with Crippen LogP contribution in [0.5, 0.6) is 0 Å². The zero-order chi connectivity index (χ0) is 12.4. The van der Waals surface area contributed by atoms with Crippen molar-refractivity contribution in [3.8, 4) is 0 Å². The molecule has 0 radical (unpaired) electrons. The highest BCUT2D eigenvalue weighted by Crippen LogP contribution is 2.15. The summed E-state index contributed by atoms with van der Waals surface area (Å²) in [6, 6.07) is 11.2. The SMILES string of the molecule is CC1CNCCN1Cc1cnc2ccccc2c1.Cl. The van der Waals surface area contributed by atoms with Gasteiger partial charge in [-0.2, -0.15) is 0 Å². The van der Waals surface area contributed by atoms with E-state index in [1.165, 1.54) is 10.9 Å². The zero-order valence-corrected chi connectivity index (χ0v) is 12.0. The molecular formula is C15H20ClN3. The number of aromatic nitrogens is 1. The number of nitrogens with one attached hydrogen (secondary N) is 1. The van der Waals surface area contributed by atoms with Gasteiger partial charge < -0.3 is 5.32 Å². The maximum Gasteiger partial charge on any atom is 0.0702 e. The summed E-state index contributed by atoms with van der Waals surface area (Å²) >= 11 is 0. The van der Waals surface area contributed by atoms with Crippen molar-refractivity contribution in [1.82, 2.24) is 15.2 Å². The van der Waals surface area contributed by atoms with Gasteiger partial charge in [-0.25, -0.2) is 0 Å². The van der Waals surface area contributed by atoms with E-state index in [9.17, 15) is 0 Å². The van der Waals surface area contributed by atoms with Crippen molar-refractivity contribution in [2.75, 3.05) is 19.6 Å². The maximum atomic E-state index is 4.53. The lowest BCUT2D eigenvalue weighted by Gasteiger charge is -2.33. The molecule has 0 amide bonds. The van der Waals surface area contributed by atoms with Gasteiger partial charge in [0.1, 0.15) is 0 Å². The molecule has 0 saturated carbocycles. The molecule has 1 aromatic heterocycles. The van der Waals surface area contributed by atoms with Crippen molar-refractivity contribution < 1.29 is 0 Å². The van der Waals surface area contributed by atoms with Crippen LogP contribution in [-0.4, -0.2) is 35.6 Å². The molecule has 102 valence electrons. The van der Waals surface area contributed by atoms with E-state index < -0.39 is 0 Å². The lowest BCUT2D eigenvalue weighted by Crippen LogP contribution is -2.49. The van der Waals surface area contributed by atoms with Crippen LogP contribution < -0.4 is 5.32 Å². The first kappa shape index (κ1) is 14.3. The Balaban J connectivity index is 0.00000133. The number of hydrogen-bond donors (Lipinski definition) is 1. The van der Waals surface area contributed by atoms with E-state index in [-0.39, 0.29) is 12.4 Å². The quantitative estimate of drug-likeness (QED) is 0.914. The van der Waals surface area contributed by atoms with Gasteiger partial charge in [0.2, 0.25) is 0 Å². The number of fused-ring (bicyclic) bond motifs is 1. The maximum absolute atomic E-state index is 4.53. The van der Waals surface area contributed by atoms with Crippen LogP contribution in [-0.2, 0) is 6.54 Å². The molecule has 1 N–H and O–H groups in total. The Morgan fingerprint density at radius 1 is 1.37 bits per heavy atom. The standard InChI is InChI=1S/C15H19N3.ClH/c1-12-9-16-6-7-18(12)11-13-8-14-4-2-3-5-15(14)17-10-13;/h2-5,8,10,12,16H,6-7,9,11H2,1H3;1H. The van der Waals surface area contributed by atoms with Gasteiger partial charge in [0, 0.05) is 43.8 Å². The number of halogens is 1. The zero-order valence-electron chi connectivity index (χ0n) is 11.2. The van der Waals surface area contributed by atoms with Crippen molar-refractivity contribution in [1.29, 1.82) is 0 Å². The van der Waals surface area contributed by atoms with E-state index in [2.05, 4.69) is 46.4 Å². The van der Waals surface area contributed by atoms with E-state index in [0.717, 1.165) is 31.7 Å². The van der Waals surface area contributed by atoms with Gasteiger partial charge in [0.05, 0.1) is 5.52 Å². The van der Waals surface area contributed by atoms with E-state index in [0.29, 0.717) is 6.04 Å². The molecule has 1 saturated heterocycles. The first-order valence-electron chi connectivity index (χ1n) is 6.61. The van der Waals surface area contributed by atoms with E-state index >= 15 is 0 Å². The van der Waals surface area contributed by atoms with Gasteiger partial charge in [-0.15, -0.1) is 12.4 Å². The molecule has 0 bridgehead atoms. The van der Waals surface area contributed by atoms with Gasteiger partial charge in [0.15, 0.2) is 0 Å². The minimum atomic E-state index is 0. The minimum Gasteiger partial charge on any atom is -0.314 e. The van der Waals surface area contributed by atoms with Crippen LogP contribution in [0.3, 0.4) is 0 Å². The molecule has 0 aliphatic carbocycles. The summed E-state index contributed by atoms with van der Waals surface area (Å²) in [6.45, 7) is 6.57. The number of piperazine rings is 1. The normalized spacial score (nSPS) is 20.2. The van der Waals surface area contributed by atoms with Crippen molar-refractivity contribution in [2.45, 2.75) is 19.5 Å². The molecule has 4 heteroatoms. The van der Waals surface area contributed by atoms with Crippen LogP contribution in [0, 0.1) is 0 Å². The number of benzene rings is 1. The highest BCUT2D eigenvalue weighted by molar-refractivity contribution is 5.85. The Bertz CT molecular complexity index is 544. The number of para-hydroxylation sites is 1. The molecular weight excluding hydrogens is 258 g/mol. The highest BCUT2D eigenvalue weighted by atomic mass is 35.5. The van der Waals surface area contributed by atoms with Crippen LogP contribution in [0.25, 0.3) is 10.9 Å². The summed E-state index contributed by atoms with van der Waals surface area (Å²) in [6.07, 6.45) is 2.01. The third kappa shape index (κ3) is 3.24. The van der Waals surface area contributed by atoms with Gasteiger partial charge in [-0.3, -0.25) is 9.88 Å². The number of pyridine rings is 1. The Hall–Kier alpha value is -1.16. The summed E-state index contributed by atoms with van der Waals surface area (Å²) in [5.74, 6) is 0. The van der Waals surface area contributed by atoms with Crippen molar-refractivity contribution >= 4 is 23.3 Å². The molecule has 3 rings (SSSR count). The van der Waals surface area contributed by atoms with Crippen LogP contribution >= 0.6 is 12.4 Å². The Kier molecular flexibility index (Phi) is 4.75. The fourth-order valence-electron chi connectivity index (χ4n) is 2.56. The first-order chi connectivity index (χ1) is 8.83. The van der Waals surface area contributed by atoms with Gasteiger partial charge >= 0.3 is 0 Å². The lowest BCUT2D eigenvalue weighted by molar-refractivity contribution is 0.165. The average molecular weight is 278 g/mol. The second-order valence-electron chi connectivity index (χ2n) is 5.06. The van der Waals surface area contributed by atoms with E-state index in [1.54, 1.807) is 0 Å². The van der Waals surface area contributed by atoms with Crippen LogP contribution in [0.15, 0.2) is 36.5 Å². The second-order valence-corrected chi connectivity index (χ2v) is 5.06. The fourth-order valence-corrected chi connectivity index (χ4v) is 2.56. The van der Waals surface area contributed by atoms with Crippen molar-refractivity contribution in [3.05, 3.63) is 42.1 Å². The van der Waals surface area contributed by atoms with Crippen LogP contribution in [0.4, 0.5) is 0 Å². The third-order valence-electron chi connectivity index (χ3n) is 3.67. The van der Waals surface area contributed by atoms with Crippen molar-refractivity contribution in [3.63, 3.8) is 0 Å². The molecule has 1 aliphatic heterocycles. The summed E-state index contributed by atoms with van der Waals surface area (Å²) in [4.78, 5) is 7.05. The van der Waals surface area contributed by atoms with Crippen LogP contribution in [0.1, 0.15) is 12.5 Å². The average Bonchev–Trinajstić information content (AvgIpc) is 2.41. The molecule has 1 atom stereocenters. The largest absolute Gasteiger partial charge is 0.314 e. The van der Waals surface area contributed by atoms with Crippen LogP contribution in [0.2, 0.25) is 0 Å². The number of hydrogen-bond acceptors (Lipinski definition) is 3. The topological polar surface area (TPSA) is 28.2 Å². The Morgan fingerprint density at radius 3 is 3.05 bits per heavy atom. The smallest absolute Gasteiger partial charge is 0.0702 e. The molecule has 19 heavy (non-hydrogen) atoms. The predicted octanol–water partition coefficient (Wildman–Crippen LogP) is 2.45. The Labute approximate surface area is 120 Å². The summed E-state index contributed by atoms with van der Waals surface area (Å²) in [5, 5.41) is 4.66. The number of rotatable bonds is 2. The minimum absolute atomic E-state index is 0. The monoisotopic (exact) mass is 277 g/mol. The predicted molar refractivity (Wildman–Crippen MR) is 81.7 cm³/mol. The molecule has 1 aliphatic rings. The van der Waals surface area contributed by atoms with E-state index in [4.69, 9.17) is 0 Å². The number of nitrogens with zero attached hydrogens (tertiary/aromatic N) is 2. The molecule has 1 fully saturated rings. The summed E-state index contributed by atoms with van der Waals surface area (Å²) in [5.41, 5.74) is 2.39.